The van der Waals surface area contributed by atoms with Crippen LogP contribution < -0.4 is 10.6 Å². The van der Waals surface area contributed by atoms with E-state index in [0.717, 1.165) is 15.7 Å². The third-order valence-electron chi connectivity index (χ3n) is 4.23. The summed E-state index contributed by atoms with van der Waals surface area (Å²) in [4.78, 5) is 10.9. The number of nitrogens with two attached hydrogens (primary N) is 1. The van der Waals surface area contributed by atoms with Gasteiger partial charge in [-0.05, 0) is 24.3 Å². The highest BCUT2D eigenvalue weighted by Gasteiger charge is 2.23. The Morgan fingerprint density at radius 2 is 2.04 bits per heavy atom. The molecule has 0 aliphatic carbocycles. The second-order valence-corrected chi connectivity index (χ2v) is 6.60. The van der Waals surface area contributed by atoms with Crippen LogP contribution in [0.4, 0.5) is 15.9 Å². The number of benzene rings is 2. The van der Waals surface area contributed by atoms with Crippen molar-refractivity contribution in [3.05, 3.63) is 58.1 Å². The van der Waals surface area contributed by atoms with Crippen LogP contribution in [0.1, 0.15) is 11.4 Å². The monoisotopic (exact) mass is 402 g/mol. The molecule has 0 bridgehead atoms. The molecule has 5 nitrogen and oxygen atoms in total. The van der Waals surface area contributed by atoms with E-state index in [1.165, 1.54) is 6.07 Å². The normalized spacial score (nSPS) is 14.4. The molecule has 0 saturated carbocycles. The molecule has 2 N–H and O–H groups in total. The molecule has 128 valence electrons. The Morgan fingerprint density at radius 1 is 1.20 bits per heavy atom. The van der Waals surface area contributed by atoms with Crippen molar-refractivity contribution in [1.29, 1.82) is 0 Å². The van der Waals surface area contributed by atoms with Crippen molar-refractivity contribution in [1.82, 2.24) is 9.97 Å². The first-order valence-corrected chi connectivity index (χ1v) is 8.76. The zero-order valence-electron chi connectivity index (χ0n) is 13.4. The number of anilines is 2. The summed E-state index contributed by atoms with van der Waals surface area (Å²) in [6.45, 7) is 1.75. The van der Waals surface area contributed by atoms with Gasteiger partial charge in [0.1, 0.15) is 17.5 Å². The second kappa shape index (κ2) is 6.67. The van der Waals surface area contributed by atoms with E-state index in [4.69, 9.17) is 10.5 Å². The van der Waals surface area contributed by atoms with Crippen LogP contribution in [0.3, 0.4) is 0 Å². The van der Waals surface area contributed by atoms with Gasteiger partial charge in [-0.2, -0.15) is 0 Å². The van der Waals surface area contributed by atoms with Crippen molar-refractivity contribution < 1.29 is 9.13 Å². The van der Waals surface area contributed by atoms with Crippen molar-refractivity contribution in [3.8, 4) is 0 Å². The first-order chi connectivity index (χ1) is 12.2. The van der Waals surface area contributed by atoms with Crippen LogP contribution in [-0.2, 0) is 17.9 Å². The number of hydrogen-bond acceptors (Lipinski definition) is 5. The molecule has 0 fully saturated rings. The van der Waals surface area contributed by atoms with E-state index in [2.05, 4.69) is 25.9 Å². The quantitative estimate of drug-likeness (QED) is 0.708. The van der Waals surface area contributed by atoms with Crippen molar-refractivity contribution in [2.45, 2.75) is 13.2 Å². The van der Waals surface area contributed by atoms with E-state index in [1.54, 1.807) is 12.1 Å². The Morgan fingerprint density at radius 3 is 2.88 bits per heavy atom. The van der Waals surface area contributed by atoms with Crippen LogP contribution in [0.25, 0.3) is 10.9 Å². The number of ether oxygens (including phenoxy) is 1. The summed E-state index contributed by atoms with van der Waals surface area (Å²) in [5, 5.41) is 0.396. The first kappa shape index (κ1) is 16.4. The minimum Gasteiger partial charge on any atom is -0.375 e. The summed E-state index contributed by atoms with van der Waals surface area (Å²) in [6.07, 6.45) is 0. The van der Waals surface area contributed by atoms with E-state index in [1.807, 2.05) is 23.1 Å². The molecule has 0 amide bonds. The maximum Gasteiger partial charge on any atom is 0.147 e. The Bertz CT molecular complexity index is 950. The Balaban J connectivity index is 2.00. The van der Waals surface area contributed by atoms with Crippen LogP contribution in [0.2, 0.25) is 0 Å². The SMILES string of the molecule is NCc1nc(N2CCOCc3c(Br)cccc32)c2c(F)cccc2n1. The van der Waals surface area contributed by atoms with Gasteiger partial charge in [0.05, 0.1) is 30.7 Å². The van der Waals surface area contributed by atoms with Gasteiger partial charge in [0, 0.05) is 22.3 Å². The highest BCUT2D eigenvalue weighted by molar-refractivity contribution is 9.10. The molecule has 2 aromatic carbocycles. The van der Waals surface area contributed by atoms with Crippen LogP contribution in [0.15, 0.2) is 40.9 Å². The molecule has 2 heterocycles. The summed E-state index contributed by atoms with van der Waals surface area (Å²) < 4.78 is 21.3. The van der Waals surface area contributed by atoms with Gasteiger partial charge in [-0.3, -0.25) is 0 Å². The second-order valence-electron chi connectivity index (χ2n) is 5.74. The number of halogens is 2. The zero-order valence-corrected chi connectivity index (χ0v) is 15.0. The lowest BCUT2D eigenvalue weighted by Gasteiger charge is -2.25. The first-order valence-electron chi connectivity index (χ1n) is 7.97. The van der Waals surface area contributed by atoms with Gasteiger partial charge in [-0.15, -0.1) is 0 Å². The van der Waals surface area contributed by atoms with E-state index in [0.29, 0.717) is 42.3 Å². The highest BCUT2D eigenvalue weighted by Crippen LogP contribution is 2.37. The molecule has 0 spiro atoms. The van der Waals surface area contributed by atoms with Gasteiger partial charge in [-0.25, -0.2) is 14.4 Å². The third-order valence-corrected chi connectivity index (χ3v) is 4.97. The minimum absolute atomic E-state index is 0.190. The van der Waals surface area contributed by atoms with Crippen molar-refractivity contribution >= 4 is 38.3 Å². The average molecular weight is 403 g/mol. The molecule has 0 saturated heterocycles. The van der Waals surface area contributed by atoms with Gasteiger partial charge in [-0.1, -0.05) is 28.1 Å². The Kier molecular flexibility index (Phi) is 4.37. The highest BCUT2D eigenvalue weighted by atomic mass is 79.9. The van der Waals surface area contributed by atoms with Crippen molar-refractivity contribution in [3.63, 3.8) is 0 Å². The molecule has 0 atom stereocenters. The van der Waals surface area contributed by atoms with Gasteiger partial charge in [0.25, 0.3) is 0 Å². The summed E-state index contributed by atoms with van der Waals surface area (Å²) in [5.74, 6) is 0.654. The maximum absolute atomic E-state index is 14.6. The molecular weight excluding hydrogens is 387 g/mol. The maximum atomic E-state index is 14.6. The fourth-order valence-corrected chi connectivity index (χ4v) is 3.54. The molecule has 1 aliphatic rings. The smallest absolute Gasteiger partial charge is 0.147 e. The summed E-state index contributed by atoms with van der Waals surface area (Å²) in [5.41, 5.74) is 8.26. The van der Waals surface area contributed by atoms with Crippen LogP contribution in [0.5, 0.6) is 0 Å². The zero-order chi connectivity index (χ0) is 17.4. The van der Waals surface area contributed by atoms with Crippen LogP contribution in [-0.4, -0.2) is 23.1 Å². The predicted octanol–water partition coefficient (Wildman–Crippen LogP) is 3.66. The number of fused-ring (bicyclic) bond motifs is 2. The number of nitrogens with zero attached hydrogens (tertiary/aromatic N) is 3. The van der Waals surface area contributed by atoms with E-state index in [-0.39, 0.29) is 12.4 Å². The Labute approximate surface area is 152 Å². The van der Waals surface area contributed by atoms with Gasteiger partial charge >= 0.3 is 0 Å². The molecule has 0 unspecified atom stereocenters. The summed E-state index contributed by atoms with van der Waals surface area (Å²) in [6, 6.07) is 10.8. The van der Waals surface area contributed by atoms with Crippen LogP contribution >= 0.6 is 15.9 Å². The number of hydrogen-bond donors (Lipinski definition) is 1. The van der Waals surface area contributed by atoms with E-state index in [9.17, 15) is 4.39 Å². The van der Waals surface area contributed by atoms with E-state index < -0.39 is 0 Å². The largest absolute Gasteiger partial charge is 0.375 e. The molecular formula is C18H16BrFN4O. The summed E-state index contributed by atoms with van der Waals surface area (Å²) >= 11 is 3.58. The lowest BCUT2D eigenvalue weighted by Crippen LogP contribution is -2.23. The predicted molar refractivity (Wildman–Crippen MR) is 98.2 cm³/mol. The number of rotatable bonds is 2. The van der Waals surface area contributed by atoms with Gasteiger partial charge in [0.2, 0.25) is 0 Å². The topological polar surface area (TPSA) is 64.3 Å². The van der Waals surface area contributed by atoms with Gasteiger partial charge < -0.3 is 15.4 Å². The van der Waals surface area contributed by atoms with Crippen LogP contribution in [0, 0.1) is 5.82 Å². The Hall–Kier alpha value is -2.09. The molecule has 7 heteroatoms. The molecule has 1 aliphatic heterocycles. The third kappa shape index (κ3) is 2.88. The average Bonchev–Trinajstić information content (AvgIpc) is 2.84. The molecule has 25 heavy (non-hydrogen) atoms. The van der Waals surface area contributed by atoms with Crippen molar-refractivity contribution in [2.75, 3.05) is 18.1 Å². The molecule has 4 rings (SSSR count). The van der Waals surface area contributed by atoms with Crippen molar-refractivity contribution in [2.24, 2.45) is 5.73 Å². The lowest BCUT2D eigenvalue weighted by molar-refractivity contribution is 0.133. The molecule has 1 aromatic heterocycles. The fourth-order valence-electron chi connectivity index (χ4n) is 3.07. The fraction of sp³-hybridized carbons (Fsp3) is 0.222. The number of aromatic nitrogens is 2. The van der Waals surface area contributed by atoms with Gasteiger partial charge in [0.15, 0.2) is 0 Å². The summed E-state index contributed by atoms with van der Waals surface area (Å²) in [7, 11) is 0. The standard InChI is InChI=1S/C18H16BrFN4O/c19-12-3-1-6-15-11(12)10-25-8-7-24(15)18-17-13(20)4-2-5-14(17)22-16(9-21)23-18/h1-6H,7-10,21H2. The molecule has 3 aromatic rings. The molecule has 0 radical (unpaired) electrons. The minimum atomic E-state index is -0.349. The van der Waals surface area contributed by atoms with E-state index >= 15 is 0 Å². The lowest BCUT2D eigenvalue weighted by atomic mass is 10.1.